The number of para-hydroxylation sites is 1. The lowest BCUT2D eigenvalue weighted by atomic mass is 10.2. The Balaban J connectivity index is 1.60. The number of benzene rings is 2. The first-order valence-electron chi connectivity index (χ1n) is 10.3. The summed E-state index contributed by atoms with van der Waals surface area (Å²) in [7, 11) is -3.54. The lowest BCUT2D eigenvalue weighted by Gasteiger charge is -2.34. The van der Waals surface area contributed by atoms with E-state index >= 15 is 0 Å². The van der Waals surface area contributed by atoms with Crippen molar-refractivity contribution < 1.29 is 13.2 Å². The van der Waals surface area contributed by atoms with Crippen molar-refractivity contribution in [1.29, 1.82) is 0 Å². The summed E-state index contributed by atoms with van der Waals surface area (Å²) in [6.07, 6.45) is 1.63. The molecule has 1 fully saturated rings. The maximum absolute atomic E-state index is 13.2. The largest absolute Gasteiger partial charge is 0.339 e. The van der Waals surface area contributed by atoms with Crippen LogP contribution in [0.3, 0.4) is 0 Å². The van der Waals surface area contributed by atoms with E-state index in [9.17, 15) is 13.2 Å². The Kier molecular flexibility index (Phi) is 5.92. The van der Waals surface area contributed by atoms with Crippen LogP contribution in [0.25, 0.3) is 10.9 Å². The maximum Gasteiger partial charge on any atom is 0.242 e. The Morgan fingerprint density at radius 2 is 1.60 bits per heavy atom. The van der Waals surface area contributed by atoms with Crippen LogP contribution in [0.15, 0.2) is 65.7 Å². The van der Waals surface area contributed by atoms with Gasteiger partial charge in [-0.2, -0.15) is 0 Å². The summed E-state index contributed by atoms with van der Waals surface area (Å²) in [6.45, 7) is 6.45. The first-order valence-corrected chi connectivity index (χ1v) is 12.0. The number of rotatable bonds is 6. The van der Waals surface area contributed by atoms with Gasteiger partial charge in [-0.15, -0.1) is 0 Å². The molecule has 3 aromatic rings. The summed E-state index contributed by atoms with van der Waals surface area (Å²) in [6, 6.07) is 16.6. The number of carbonyl (C=O) groups is 1. The summed E-state index contributed by atoms with van der Waals surface area (Å²) >= 11 is 0. The SMILES string of the molecule is CCN1CCN(C(=O)Cn2cc(S(=O)(=O)Cc3ccccc3)c3ccccc32)CC1. The molecule has 2 heterocycles. The molecule has 6 nitrogen and oxygen atoms in total. The van der Waals surface area contributed by atoms with Gasteiger partial charge in [-0.05, 0) is 18.2 Å². The number of hydrogen-bond acceptors (Lipinski definition) is 4. The fourth-order valence-electron chi connectivity index (χ4n) is 4.02. The zero-order valence-electron chi connectivity index (χ0n) is 17.2. The highest BCUT2D eigenvalue weighted by Gasteiger charge is 2.24. The topological polar surface area (TPSA) is 62.6 Å². The van der Waals surface area contributed by atoms with E-state index in [1.165, 1.54) is 0 Å². The Hall–Kier alpha value is -2.64. The van der Waals surface area contributed by atoms with Gasteiger partial charge in [-0.3, -0.25) is 4.79 Å². The number of carbonyl (C=O) groups excluding carboxylic acids is 1. The second-order valence-corrected chi connectivity index (χ2v) is 9.66. The average molecular weight is 426 g/mol. The molecule has 0 bridgehead atoms. The standard InChI is InChI=1S/C23H27N3O3S/c1-2-24-12-14-25(15-13-24)23(27)17-26-16-22(20-10-6-7-11-21(20)26)30(28,29)18-19-8-4-3-5-9-19/h3-11,16H,2,12-15,17-18H2,1H3. The molecule has 0 spiro atoms. The van der Waals surface area contributed by atoms with Gasteiger partial charge in [0, 0.05) is 43.3 Å². The third-order valence-electron chi connectivity index (χ3n) is 5.76. The number of hydrogen-bond donors (Lipinski definition) is 0. The van der Waals surface area contributed by atoms with Crippen molar-refractivity contribution in [2.24, 2.45) is 0 Å². The van der Waals surface area contributed by atoms with E-state index < -0.39 is 9.84 Å². The van der Waals surface area contributed by atoms with Crippen molar-refractivity contribution in [1.82, 2.24) is 14.4 Å². The Morgan fingerprint density at radius 3 is 2.30 bits per heavy atom. The lowest BCUT2D eigenvalue weighted by Crippen LogP contribution is -2.49. The van der Waals surface area contributed by atoms with E-state index in [1.54, 1.807) is 10.8 Å². The van der Waals surface area contributed by atoms with E-state index in [0.29, 0.717) is 18.5 Å². The van der Waals surface area contributed by atoms with Crippen LogP contribution >= 0.6 is 0 Å². The van der Waals surface area contributed by atoms with E-state index in [0.717, 1.165) is 30.7 Å². The van der Waals surface area contributed by atoms with Crippen molar-refractivity contribution in [2.75, 3.05) is 32.7 Å². The normalized spacial score (nSPS) is 15.6. The Bertz CT molecular complexity index is 1130. The number of sulfone groups is 1. The second kappa shape index (κ2) is 8.62. The zero-order valence-corrected chi connectivity index (χ0v) is 18.0. The molecule has 0 N–H and O–H groups in total. The predicted molar refractivity (Wildman–Crippen MR) is 118 cm³/mol. The number of aromatic nitrogens is 1. The van der Waals surface area contributed by atoms with Gasteiger partial charge in [0.2, 0.25) is 5.91 Å². The minimum atomic E-state index is -3.54. The first-order chi connectivity index (χ1) is 14.5. The Labute approximate surface area is 177 Å². The summed E-state index contributed by atoms with van der Waals surface area (Å²) in [4.78, 5) is 17.4. The van der Waals surface area contributed by atoms with Crippen molar-refractivity contribution in [3.8, 4) is 0 Å². The van der Waals surface area contributed by atoms with E-state index in [1.807, 2.05) is 59.5 Å². The van der Waals surface area contributed by atoms with Crippen molar-refractivity contribution >= 4 is 26.6 Å². The quantitative estimate of drug-likeness (QED) is 0.609. The van der Waals surface area contributed by atoms with Gasteiger partial charge in [0.05, 0.1) is 10.6 Å². The van der Waals surface area contributed by atoms with Crippen LogP contribution in [0.2, 0.25) is 0 Å². The average Bonchev–Trinajstić information content (AvgIpc) is 3.14. The highest BCUT2D eigenvalue weighted by Crippen LogP contribution is 2.28. The number of piperazine rings is 1. The van der Waals surface area contributed by atoms with E-state index in [4.69, 9.17) is 0 Å². The van der Waals surface area contributed by atoms with Crippen LogP contribution in [0.5, 0.6) is 0 Å². The minimum absolute atomic E-state index is 0.0264. The van der Waals surface area contributed by atoms with Gasteiger partial charge in [0.1, 0.15) is 6.54 Å². The van der Waals surface area contributed by atoms with Gasteiger partial charge in [0.25, 0.3) is 0 Å². The molecule has 0 saturated carbocycles. The summed E-state index contributed by atoms with van der Waals surface area (Å²) in [5, 5.41) is 0.664. The van der Waals surface area contributed by atoms with E-state index in [-0.39, 0.29) is 23.1 Å². The van der Waals surface area contributed by atoms with Gasteiger partial charge in [-0.1, -0.05) is 55.5 Å². The Morgan fingerprint density at radius 1 is 0.933 bits per heavy atom. The van der Waals surface area contributed by atoms with Crippen LogP contribution in [-0.4, -0.2) is 61.4 Å². The van der Waals surface area contributed by atoms with Gasteiger partial charge < -0.3 is 14.4 Å². The first kappa shape index (κ1) is 20.6. The van der Waals surface area contributed by atoms with E-state index in [2.05, 4.69) is 11.8 Å². The van der Waals surface area contributed by atoms with Crippen molar-refractivity contribution in [3.63, 3.8) is 0 Å². The second-order valence-electron chi connectivity index (χ2n) is 7.70. The molecular formula is C23H27N3O3S. The minimum Gasteiger partial charge on any atom is -0.339 e. The monoisotopic (exact) mass is 425 g/mol. The summed E-state index contributed by atoms with van der Waals surface area (Å²) in [5.74, 6) is -0.0343. The number of nitrogens with zero attached hydrogens (tertiary/aromatic N) is 3. The van der Waals surface area contributed by atoms with Crippen LogP contribution in [0.4, 0.5) is 0 Å². The molecule has 0 radical (unpaired) electrons. The number of likely N-dealkylation sites (N-methyl/N-ethyl adjacent to an activating group) is 1. The third-order valence-corrected chi connectivity index (χ3v) is 7.47. The number of fused-ring (bicyclic) bond motifs is 1. The molecule has 0 unspecified atom stereocenters. The molecule has 1 aliphatic heterocycles. The smallest absolute Gasteiger partial charge is 0.242 e. The number of amides is 1. The molecule has 1 saturated heterocycles. The molecule has 1 amide bonds. The highest BCUT2D eigenvalue weighted by atomic mass is 32.2. The van der Waals surface area contributed by atoms with Crippen molar-refractivity contribution in [2.45, 2.75) is 24.1 Å². The molecule has 2 aromatic carbocycles. The fraction of sp³-hybridized carbons (Fsp3) is 0.348. The maximum atomic E-state index is 13.2. The lowest BCUT2D eigenvalue weighted by molar-refractivity contribution is -0.133. The van der Waals surface area contributed by atoms with Gasteiger partial charge >= 0.3 is 0 Å². The summed E-state index contributed by atoms with van der Waals surface area (Å²) in [5.41, 5.74) is 1.52. The van der Waals surface area contributed by atoms with Crippen molar-refractivity contribution in [3.05, 3.63) is 66.4 Å². The van der Waals surface area contributed by atoms with Crippen LogP contribution < -0.4 is 0 Å². The molecule has 158 valence electrons. The van der Waals surface area contributed by atoms with Gasteiger partial charge in [0.15, 0.2) is 9.84 Å². The fourth-order valence-corrected chi connectivity index (χ4v) is 5.60. The summed E-state index contributed by atoms with van der Waals surface area (Å²) < 4.78 is 28.1. The zero-order chi connectivity index (χ0) is 21.1. The molecule has 0 aliphatic carbocycles. The third kappa shape index (κ3) is 4.27. The van der Waals surface area contributed by atoms with Gasteiger partial charge in [-0.25, -0.2) is 8.42 Å². The predicted octanol–water partition coefficient (Wildman–Crippen LogP) is 2.78. The van der Waals surface area contributed by atoms with Crippen LogP contribution in [0, 0.1) is 0 Å². The molecule has 1 aromatic heterocycles. The molecule has 30 heavy (non-hydrogen) atoms. The highest BCUT2D eigenvalue weighted by molar-refractivity contribution is 7.90. The molecular weight excluding hydrogens is 398 g/mol. The molecule has 7 heteroatoms. The molecule has 1 aliphatic rings. The van der Waals surface area contributed by atoms with Crippen LogP contribution in [0.1, 0.15) is 12.5 Å². The van der Waals surface area contributed by atoms with Crippen LogP contribution in [-0.2, 0) is 26.9 Å². The molecule has 0 atom stereocenters. The molecule has 4 rings (SSSR count).